The van der Waals surface area contributed by atoms with Crippen LogP contribution in [0.3, 0.4) is 0 Å². The van der Waals surface area contributed by atoms with Crippen LogP contribution in [0.4, 0.5) is 0 Å². The highest BCUT2D eigenvalue weighted by atomic mass is 16.3. The van der Waals surface area contributed by atoms with Gasteiger partial charge in [-0.2, -0.15) is 0 Å². The van der Waals surface area contributed by atoms with Gasteiger partial charge in [-0.15, -0.1) is 0 Å². The first-order valence-corrected chi connectivity index (χ1v) is 6.63. The van der Waals surface area contributed by atoms with E-state index in [1.165, 1.54) is 18.4 Å². The maximum Gasteiger partial charge on any atom is 0.0776 e. The molecule has 1 aromatic carbocycles. The zero-order valence-electron chi connectivity index (χ0n) is 10.9. The number of aryl methyl sites for hydroxylation is 2. The fourth-order valence-corrected chi connectivity index (χ4v) is 2.11. The van der Waals surface area contributed by atoms with Crippen molar-refractivity contribution < 1.29 is 5.11 Å². The van der Waals surface area contributed by atoms with Crippen LogP contribution in [-0.4, -0.2) is 9.67 Å². The zero-order valence-corrected chi connectivity index (χ0v) is 10.9. The fraction of sp³-hybridized carbons (Fsp3) is 0.375. The molecule has 0 aliphatic rings. The summed E-state index contributed by atoms with van der Waals surface area (Å²) in [6.07, 6.45) is 7.23. The molecule has 2 nitrogen and oxygen atoms in total. The molecule has 18 heavy (non-hydrogen) atoms. The van der Waals surface area contributed by atoms with Gasteiger partial charge in [0.15, 0.2) is 0 Å². The second-order valence-corrected chi connectivity index (χ2v) is 4.80. The molecule has 0 aliphatic heterocycles. The van der Waals surface area contributed by atoms with Gasteiger partial charge in [0.2, 0.25) is 0 Å². The molecule has 0 spiro atoms. The summed E-state index contributed by atoms with van der Waals surface area (Å²) in [7, 11) is 0. The quantitative estimate of drug-likeness (QED) is 0.771. The standard InChI is InChI=1S/C16H21NO/c1-14(18)16-10-12-17(13-16)11-6-5-9-15-7-3-2-4-8-15/h2-4,7-8,10,12-14,18H,5-6,9,11H2,1H3. The summed E-state index contributed by atoms with van der Waals surface area (Å²) < 4.78 is 2.16. The normalized spacial score (nSPS) is 12.6. The van der Waals surface area contributed by atoms with Gasteiger partial charge in [-0.05, 0) is 43.4 Å². The monoisotopic (exact) mass is 243 g/mol. The summed E-state index contributed by atoms with van der Waals surface area (Å²) in [5.74, 6) is 0. The first-order chi connectivity index (χ1) is 8.75. The highest BCUT2D eigenvalue weighted by Gasteiger charge is 2.02. The Hall–Kier alpha value is -1.54. The van der Waals surface area contributed by atoms with E-state index in [0.717, 1.165) is 18.5 Å². The lowest BCUT2D eigenvalue weighted by atomic mass is 10.1. The SMILES string of the molecule is CC(O)c1ccn(CCCCc2ccccc2)c1. The molecule has 2 rings (SSSR count). The number of aliphatic hydroxyl groups is 1. The van der Waals surface area contributed by atoms with E-state index in [9.17, 15) is 5.11 Å². The van der Waals surface area contributed by atoms with E-state index in [1.807, 2.05) is 18.5 Å². The van der Waals surface area contributed by atoms with Gasteiger partial charge in [0.05, 0.1) is 6.10 Å². The van der Waals surface area contributed by atoms with Crippen LogP contribution in [0.5, 0.6) is 0 Å². The molecule has 0 amide bonds. The molecule has 2 aromatic rings. The van der Waals surface area contributed by atoms with Gasteiger partial charge in [-0.25, -0.2) is 0 Å². The average Bonchev–Trinajstić information content (AvgIpc) is 2.85. The van der Waals surface area contributed by atoms with Gasteiger partial charge in [-0.1, -0.05) is 30.3 Å². The Morgan fingerprint density at radius 1 is 1.11 bits per heavy atom. The third-order valence-corrected chi connectivity index (χ3v) is 3.23. The first-order valence-electron chi connectivity index (χ1n) is 6.63. The third kappa shape index (κ3) is 3.74. The fourth-order valence-electron chi connectivity index (χ4n) is 2.11. The number of benzene rings is 1. The van der Waals surface area contributed by atoms with E-state index in [0.29, 0.717) is 0 Å². The lowest BCUT2D eigenvalue weighted by molar-refractivity contribution is 0.199. The molecule has 1 aromatic heterocycles. The molecule has 1 heterocycles. The highest BCUT2D eigenvalue weighted by Crippen LogP contribution is 2.13. The lowest BCUT2D eigenvalue weighted by Crippen LogP contribution is -1.96. The number of aliphatic hydroxyl groups excluding tert-OH is 1. The van der Waals surface area contributed by atoms with Crippen molar-refractivity contribution in [2.75, 3.05) is 0 Å². The summed E-state index contributed by atoms with van der Waals surface area (Å²) >= 11 is 0. The highest BCUT2D eigenvalue weighted by molar-refractivity contribution is 5.14. The van der Waals surface area contributed by atoms with Crippen LogP contribution in [0, 0.1) is 0 Å². The number of rotatable bonds is 6. The van der Waals surface area contributed by atoms with Crippen molar-refractivity contribution in [1.29, 1.82) is 0 Å². The third-order valence-electron chi connectivity index (χ3n) is 3.23. The van der Waals surface area contributed by atoms with Crippen molar-refractivity contribution in [2.24, 2.45) is 0 Å². The molecule has 96 valence electrons. The van der Waals surface area contributed by atoms with Crippen molar-refractivity contribution in [3.05, 3.63) is 59.9 Å². The van der Waals surface area contributed by atoms with Crippen molar-refractivity contribution >= 4 is 0 Å². The van der Waals surface area contributed by atoms with Crippen LogP contribution in [-0.2, 0) is 13.0 Å². The first kappa shape index (κ1) is 12.9. The topological polar surface area (TPSA) is 25.2 Å². The van der Waals surface area contributed by atoms with Crippen molar-refractivity contribution in [2.45, 2.75) is 38.8 Å². The van der Waals surface area contributed by atoms with Gasteiger partial charge in [0.25, 0.3) is 0 Å². The second-order valence-electron chi connectivity index (χ2n) is 4.80. The van der Waals surface area contributed by atoms with Crippen molar-refractivity contribution in [3.63, 3.8) is 0 Å². The van der Waals surface area contributed by atoms with E-state index in [1.54, 1.807) is 6.92 Å². The van der Waals surface area contributed by atoms with Crippen LogP contribution < -0.4 is 0 Å². The Morgan fingerprint density at radius 3 is 2.56 bits per heavy atom. The maximum atomic E-state index is 9.44. The predicted molar refractivity (Wildman–Crippen MR) is 74.4 cm³/mol. The Kier molecular flexibility index (Phi) is 4.59. The van der Waals surface area contributed by atoms with Gasteiger partial charge < -0.3 is 9.67 Å². The van der Waals surface area contributed by atoms with Gasteiger partial charge in [0.1, 0.15) is 0 Å². The Balaban J connectivity index is 1.72. The molecule has 0 saturated heterocycles. The molecule has 0 fully saturated rings. The molecule has 1 unspecified atom stereocenters. The van der Waals surface area contributed by atoms with Crippen molar-refractivity contribution in [3.8, 4) is 0 Å². The molecular weight excluding hydrogens is 222 g/mol. The predicted octanol–water partition coefficient (Wildman–Crippen LogP) is 3.56. The smallest absolute Gasteiger partial charge is 0.0776 e. The van der Waals surface area contributed by atoms with E-state index in [-0.39, 0.29) is 6.10 Å². The molecule has 0 aliphatic carbocycles. The van der Waals surface area contributed by atoms with Gasteiger partial charge in [-0.3, -0.25) is 0 Å². The molecular formula is C16H21NO. The Morgan fingerprint density at radius 2 is 1.89 bits per heavy atom. The van der Waals surface area contributed by atoms with Crippen molar-refractivity contribution in [1.82, 2.24) is 4.57 Å². The number of hydrogen-bond acceptors (Lipinski definition) is 1. The average molecular weight is 243 g/mol. The van der Waals surface area contributed by atoms with E-state index < -0.39 is 0 Å². The minimum Gasteiger partial charge on any atom is -0.389 e. The number of unbranched alkanes of at least 4 members (excludes halogenated alkanes) is 1. The lowest BCUT2D eigenvalue weighted by Gasteiger charge is -2.04. The summed E-state index contributed by atoms with van der Waals surface area (Å²) in [5, 5.41) is 9.44. The molecule has 1 N–H and O–H groups in total. The number of hydrogen-bond donors (Lipinski definition) is 1. The van der Waals surface area contributed by atoms with Crippen LogP contribution >= 0.6 is 0 Å². The van der Waals surface area contributed by atoms with E-state index in [4.69, 9.17) is 0 Å². The number of aromatic nitrogens is 1. The maximum absolute atomic E-state index is 9.44. The molecule has 0 bridgehead atoms. The minimum atomic E-state index is -0.365. The molecule has 0 saturated carbocycles. The summed E-state index contributed by atoms with van der Waals surface area (Å²) in [6, 6.07) is 12.6. The van der Waals surface area contributed by atoms with E-state index >= 15 is 0 Å². The van der Waals surface area contributed by atoms with Crippen LogP contribution in [0.1, 0.15) is 37.0 Å². The zero-order chi connectivity index (χ0) is 12.8. The molecule has 0 radical (unpaired) electrons. The minimum absolute atomic E-state index is 0.365. The van der Waals surface area contributed by atoms with Crippen LogP contribution in [0.25, 0.3) is 0 Å². The second kappa shape index (κ2) is 6.41. The van der Waals surface area contributed by atoms with Gasteiger partial charge in [0, 0.05) is 18.9 Å². The summed E-state index contributed by atoms with van der Waals surface area (Å²) in [4.78, 5) is 0. The largest absolute Gasteiger partial charge is 0.389 e. The Labute approximate surface area is 109 Å². The summed E-state index contributed by atoms with van der Waals surface area (Å²) in [6.45, 7) is 2.83. The molecule has 2 heteroatoms. The molecule has 1 atom stereocenters. The Bertz CT molecular complexity index is 459. The van der Waals surface area contributed by atoms with Gasteiger partial charge >= 0.3 is 0 Å². The van der Waals surface area contributed by atoms with Crippen LogP contribution in [0.15, 0.2) is 48.8 Å². The number of nitrogens with zero attached hydrogens (tertiary/aromatic N) is 1. The van der Waals surface area contributed by atoms with E-state index in [2.05, 4.69) is 34.9 Å². The summed E-state index contributed by atoms with van der Waals surface area (Å²) in [5.41, 5.74) is 2.41. The van der Waals surface area contributed by atoms with Crippen LogP contribution in [0.2, 0.25) is 0 Å².